The highest BCUT2D eigenvalue weighted by molar-refractivity contribution is 6.35. The number of amides is 2. The minimum absolute atomic E-state index is 0.00865. The maximum absolute atomic E-state index is 12.1. The zero-order chi connectivity index (χ0) is 17.5. The van der Waals surface area contributed by atoms with Gasteiger partial charge in [0.1, 0.15) is 0 Å². The van der Waals surface area contributed by atoms with Crippen LogP contribution >= 0.6 is 23.2 Å². The van der Waals surface area contributed by atoms with Crippen LogP contribution in [0, 0.1) is 0 Å². The number of nitrogens with zero attached hydrogens (tertiary/aromatic N) is 2. The third-order valence-corrected chi connectivity index (χ3v) is 4.26. The molecule has 1 aliphatic rings. The predicted octanol–water partition coefficient (Wildman–Crippen LogP) is 1.40. The summed E-state index contributed by atoms with van der Waals surface area (Å²) in [6, 6.07) is 5.14. The smallest absolute Gasteiger partial charge is 0.236 e. The highest BCUT2D eigenvalue weighted by Gasteiger charge is 2.19. The molecule has 0 atom stereocenters. The molecule has 0 saturated carbocycles. The molecule has 0 spiro atoms. The van der Waals surface area contributed by atoms with Crippen molar-refractivity contribution >= 4 is 35.0 Å². The largest absolute Gasteiger partial charge is 0.378 e. The maximum Gasteiger partial charge on any atom is 0.236 e. The van der Waals surface area contributed by atoms with Crippen LogP contribution in [0.1, 0.15) is 5.56 Å². The summed E-state index contributed by atoms with van der Waals surface area (Å²) in [7, 11) is 1.74. The van der Waals surface area contributed by atoms with E-state index in [9.17, 15) is 9.59 Å². The summed E-state index contributed by atoms with van der Waals surface area (Å²) in [5.41, 5.74) is 0.793. The minimum Gasteiger partial charge on any atom is -0.378 e. The third-order valence-electron chi connectivity index (χ3n) is 3.67. The van der Waals surface area contributed by atoms with Crippen molar-refractivity contribution in [2.75, 3.05) is 46.4 Å². The van der Waals surface area contributed by atoms with Gasteiger partial charge in [-0.2, -0.15) is 0 Å². The van der Waals surface area contributed by atoms with Crippen molar-refractivity contribution in [3.05, 3.63) is 33.8 Å². The molecular weight excluding hydrogens is 353 g/mol. The van der Waals surface area contributed by atoms with Gasteiger partial charge in [0, 0.05) is 29.7 Å². The van der Waals surface area contributed by atoms with Crippen molar-refractivity contribution in [2.24, 2.45) is 0 Å². The Morgan fingerprint density at radius 1 is 1.25 bits per heavy atom. The molecule has 0 unspecified atom stereocenters. The fourth-order valence-corrected chi connectivity index (χ4v) is 2.83. The van der Waals surface area contributed by atoms with Crippen LogP contribution < -0.4 is 5.32 Å². The molecule has 1 heterocycles. The number of nitrogens with one attached hydrogen (secondary N) is 1. The number of morpholine rings is 1. The van der Waals surface area contributed by atoms with E-state index in [2.05, 4.69) is 5.32 Å². The standard InChI is InChI=1S/C16H21Cl2N3O3/c1-20(11-16(23)21-4-6-24-7-5-21)10-15(22)19-9-12-2-3-13(17)8-14(12)18/h2-3,8H,4-7,9-11H2,1H3,(H,19,22). The summed E-state index contributed by atoms with van der Waals surface area (Å²) in [6.45, 7) is 3.01. The molecule has 1 aromatic rings. The number of halogens is 2. The number of ether oxygens (including phenoxy) is 1. The Labute approximate surface area is 151 Å². The van der Waals surface area contributed by atoms with E-state index in [4.69, 9.17) is 27.9 Å². The van der Waals surface area contributed by atoms with E-state index >= 15 is 0 Å². The number of rotatable bonds is 6. The zero-order valence-electron chi connectivity index (χ0n) is 13.6. The van der Waals surface area contributed by atoms with Gasteiger partial charge in [-0.1, -0.05) is 29.3 Å². The lowest BCUT2D eigenvalue weighted by molar-refractivity contribution is -0.136. The second kappa shape index (κ2) is 9.22. The van der Waals surface area contributed by atoms with Crippen LogP contribution in [0.25, 0.3) is 0 Å². The lowest BCUT2D eigenvalue weighted by Gasteiger charge is -2.28. The van der Waals surface area contributed by atoms with E-state index in [1.165, 1.54) is 0 Å². The zero-order valence-corrected chi connectivity index (χ0v) is 15.1. The van der Waals surface area contributed by atoms with Gasteiger partial charge in [-0.25, -0.2) is 0 Å². The first-order chi connectivity index (χ1) is 11.5. The number of carbonyl (C=O) groups is 2. The summed E-state index contributed by atoms with van der Waals surface area (Å²) in [5.74, 6) is -0.160. The quantitative estimate of drug-likeness (QED) is 0.818. The monoisotopic (exact) mass is 373 g/mol. The summed E-state index contributed by atoms with van der Waals surface area (Å²) >= 11 is 11.9. The SMILES string of the molecule is CN(CC(=O)NCc1ccc(Cl)cc1Cl)CC(=O)N1CCOCC1. The lowest BCUT2D eigenvalue weighted by atomic mass is 10.2. The molecule has 0 aromatic heterocycles. The summed E-state index contributed by atoms with van der Waals surface area (Å²) in [5, 5.41) is 3.85. The first-order valence-electron chi connectivity index (χ1n) is 7.70. The number of hydrogen-bond donors (Lipinski definition) is 1. The van der Waals surface area contributed by atoms with Gasteiger partial charge in [0.05, 0.1) is 26.3 Å². The predicted molar refractivity (Wildman–Crippen MR) is 93.2 cm³/mol. The topological polar surface area (TPSA) is 61.9 Å². The molecule has 0 radical (unpaired) electrons. The first kappa shape index (κ1) is 19.0. The van der Waals surface area contributed by atoms with E-state index in [-0.39, 0.29) is 24.9 Å². The Bertz CT molecular complexity index is 592. The average Bonchev–Trinajstić information content (AvgIpc) is 2.54. The van der Waals surface area contributed by atoms with E-state index in [1.54, 1.807) is 35.0 Å². The van der Waals surface area contributed by atoms with Gasteiger partial charge in [0.15, 0.2) is 0 Å². The normalized spacial score (nSPS) is 14.8. The highest BCUT2D eigenvalue weighted by Crippen LogP contribution is 2.20. The van der Waals surface area contributed by atoms with Gasteiger partial charge in [-0.05, 0) is 24.7 Å². The van der Waals surface area contributed by atoms with Crippen LogP contribution in [0.2, 0.25) is 10.0 Å². The third kappa shape index (κ3) is 5.94. The Morgan fingerprint density at radius 3 is 2.62 bits per heavy atom. The highest BCUT2D eigenvalue weighted by atomic mass is 35.5. The fourth-order valence-electron chi connectivity index (χ4n) is 2.36. The summed E-state index contributed by atoms with van der Waals surface area (Å²) in [6.07, 6.45) is 0. The molecule has 1 aromatic carbocycles. The first-order valence-corrected chi connectivity index (χ1v) is 8.46. The van der Waals surface area contributed by atoms with Crippen molar-refractivity contribution in [1.29, 1.82) is 0 Å². The van der Waals surface area contributed by atoms with Crippen molar-refractivity contribution in [2.45, 2.75) is 6.54 Å². The summed E-state index contributed by atoms with van der Waals surface area (Å²) < 4.78 is 5.22. The van der Waals surface area contributed by atoms with Crippen molar-refractivity contribution < 1.29 is 14.3 Å². The molecule has 24 heavy (non-hydrogen) atoms. The second-order valence-electron chi connectivity index (χ2n) is 5.68. The molecular formula is C16H21Cl2N3O3. The van der Waals surface area contributed by atoms with Crippen molar-refractivity contribution in [1.82, 2.24) is 15.1 Å². The molecule has 0 aliphatic carbocycles. The lowest BCUT2D eigenvalue weighted by Crippen LogP contribution is -2.46. The average molecular weight is 374 g/mol. The van der Waals surface area contributed by atoms with E-state index in [1.807, 2.05) is 0 Å². The van der Waals surface area contributed by atoms with E-state index in [0.717, 1.165) is 5.56 Å². The van der Waals surface area contributed by atoms with Gasteiger partial charge < -0.3 is 15.0 Å². The Morgan fingerprint density at radius 2 is 1.96 bits per heavy atom. The van der Waals surface area contributed by atoms with Crippen LogP contribution in [-0.2, 0) is 20.9 Å². The van der Waals surface area contributed by atoms with Gasteiger partial charge >= 0.3 is 0 Å². The van der Waals surface area contributed by atoms with Gasteiger partial charge in [-0.3, -0.25) is 14.5 Å². The number of benzene rings is 1. The molecule has 8 heteroatoms. The Balaban J connectivity index is 1.73. The van der Waals surface area contributed by atoms with Crippen molar-refractivity contribution in [3.8, 4) is 0 Å². The molecule has 0 bridgehead atoms. The molecule has 1 N–H and O–H groups in total. The maximum atomic E-state index is 12.1. The number of likely N-dealkylation sites (N-methyl/N-ethyl adjacent to an activating group) is 1. The van der Waals surface area contributed by atoms with Gasteiger partial charge in [0.2, 0.25) is 11.8 Å². The molecule has 132 valence electrons. The van der Waals surface area contributed by atoms with E-state index in [0.29, 0.717) is 42.9 Å². The molecule has 2 rings (SSSR count). The molecule has 1 aliphatic heterocycles. The Kier molecular flexibility index (Phi) is 7.30. The van der Waals surface area contributed by atoms with Crippen LogP contribution in [0.3, 0.4) is 0 Å². The molecule has 2 amide bonds. The second-order valence-corrected chi connectivity index (χ2v) is 6.52. The van der Waals surface area contributed by atoms with Gasteiger partial charge in [-0.15, -0.1) is 0 Å². The van der Waals surface area contributed by atoms with Gasteiger partial charge in [0.25, 0.3) is 0 Å². The fraction of sp³-hybridized carbons (Fsp3) is 0.500. The number of carbonyl (C=O) groups excluding carboxylic acids is 2. The Hall–Kier alpha value is -1.34. The van der Waals surface area contributed by atoms with E-state index < -0.39 is 0 Å². The van der Waals surface area contributed by atoms with Crippen LogP contribution in [0.4, 0.5) is 0 Å². The van der Waals surface area contributed by atoms with Crippen LogP contribution in [0.15, 0.2) is 18.2 Å². The van der Waals surface area contributed by atoms with Crippen LogP contribution in [-0.4, -0.2) is 68.1 Å². The molecule has 6 nitrogen and oxygen atoms in total. The summed E-state index contributed by atoms with van der Waals surface area (Å²) in [4.78, 5) is 27.6. The molecule has 1 fully saturated rings. The molecule has 1 saturated heterocycles. The van der Waals surface area contributed by atoms with Crippen LogP contribution in [0.5, 0.6) is 0 Å². The minimum atomic E-state index is -0.168. The van der Waals surface area contributed by atoms with Crippen molar-refractivity contribution in [3.63, 3.8) is 0 Å². The number of hydrogen-bond acceptors (Lipinski definition) is 4.